The molecule has 0 spiro atoms. The Kier molecular flexibility index (Phi) is 5.68. The fourth-order valence-corrected chi connectivity index (χ4v) is 3.16. The number of amides is 1. The van der Waals surface area contributed by atoms with Crippen LogP contribution in [0.3, 0.4) is 0 Å². The number of ether oxygens (including phenoxy) is 1. The van der Waals surface area contributed by atoms with Crippen molar-refractivity contribution in [1.82, 2.24) is 9.80 Å². The number of piperazine rings is 1. The van der Waals surface area contributed by atoms with E-state index in [2.05, 4.69) is 4.90 Å². The molecule has 26 heavy (non-hydrogen) atoms. The number of carbonyl (C=O) groups excluding carboxylic acids is 2. The summed E-state index contributed by atoms with van der Waals surface area (Å²) < 4.78 is 5.12. The summed E-state index contributed by atoms with van der Waals surface area (Å²) in [5.41, 5.74) is 2.44. The van der Waals surface area contributed by atoms with E-state index in [9.17, 15) is 9.59 Å². The highest BCUT2D eigenvalue weighted by atomic mass is 16.5. The summed E-state index contributed by atoms with van der Waals surface area (Å²) in [6.45, 7) is 5.03. The second-order valence-corrected chi connectivity index (χ2v) is 6.53. The van der Waals surface area contributed by atoms with E-state index in [1.807, 2.05) is 36.1 Å². The molecule has 1 heterocycles. The Bertz CT molecular complexity index is 778. The van der Waals surface area contributed by atoms with Gasteiger partial charge in [-0.05, 0) is 42.8 Å². The van der Waals surface area contributed by atoms with Crippen LogP contribution < -0.4 is 4.74 Å². The van der Waals surface area contributed by atoms with Crippen molar-refractivity contribution in [3.8, 4) is 5.75 Å². The lowest BCUT2D eigenvalue weighted by Crippen LogP contribution is -2.50. The van der Waals surface area contributed by atoms with Gasteiger partial charge in [-0.1, -0.05) is 18.2 Å². The van der Waals surface area contributed by atoms with Crippen LogP contribution in [-0.2, 0) is 0 Å². The van der Waals surface area contributed by atoms with Crippen LogP contribution in [0.25, 0.3) is 0 Å². The van der Waals surface area contributed by atoms with Gasteiger partial charge in [0.05, 0.1) is 13.7 Å². The number of ketones is 1. The Balaban J connectivity index is 1.54. The molecule has 0 atom stereocenters. The van der Waals surface area contributed by atoms with Gasteiger partial charge in [-0.3, -0.25) is 14.5 Å². The Hall–Kier alpha value is -2.66. The Labute approximate surface area is 154 Å². The molecule has 0 unspecified atom stereocenters. The summed E-state index contributed by atoms with van der Waals surface area (Å²) in [7, 11) is 1.61. The molecule has 5 heteroatoms. The lowest BCUT2D eigenvalue weighted by molar-refractivity contribution is 0.0624. The maximum absolute atomic E-state index is 12.7. The first-order chi connectivity index (χ1) is 12.6. The van der Waals surface area contributed by atoms with Crippen molar-refractivity contribution in [2.24, 2.45) is 0 Å². The van der Waals surface area contributed by atoms with Gasteiger partial charge in [0.25, 0.3) is 5.91 Å². The van der Waals surface area contributed by atoms with Gasteiger partial charge in [0.15, 0.2) is 5.78 Å². The van der Waals surface area contributed by atoms with E-state index in [0.29, 0.717) is 38.3 Å². The van der Waals surface area contributed by atoms with E-state index >= 15 is 0 Å². The van der Waals surface area contributed by atoms with Crippen molar-refractivity contribution in [2.75, 3.05) is 39.8 Å². The van der Waals surface area contributed by atoms with Gasteiger partial charge in [-0.25, -0.2) is 0 Å². The molecule has 0 radical (unpaired) electrons. The van der Waals surface area contributed by atoms with Crippen molar-refractivity contribution in [2.45, 2.75) is 6.92 Å². The zero-order chi connectivity index (χ0) is 18.5. The van der Waals surface area contributed by atoms with Crippen LogP contribution >= 0.6 is 0 Å². The predicted octanol–water partition coefficient (Wildman–Crippen LogP) is 2.64. The zero-order valence-corrected chi connectivity index (χ0v) is 15.3. The molecule has 1 aliphatic heterocycles. The molecule has 1 saturated heterocycles. The van der Waals surface area contributed by atoms with Gasteiger partial charge in [-0.15, -0.1) is 0 Å². The smallest absolute Gasteiger partial charge is 0.254 e. The minimum absolute atomic E-state index is 0.0734. The van der Waals surface area contributed by atoms with E-state index < -0.39 is 0 Å². The van der Waals surface area contributed by atoms with Crippen LogP contribution in [0.4, 0.5) is 0 Å². The van der Waals surface area contributed by atoms with Crippen LogP contribution in [0.15, 0.2) is 48.5 Å². The number of hydrogen-bond acceptors (Lipinski definition) is 4. The number of benzene rings is 2. The van der Waals surface area contributed by atoms with Crippen molar-refractivity contribution >= 4 is 11.7 Å². The van der Waals surface area contributed by atoms with Gasteiger partial charge in [0.1, 0.15) is 5.75 Å². The molecule has 1 aliphatic rings. The minimum atomic E-state index is 0.0734. The van der Waals surface area contributed by atoms with E-state index in [0.717, 1.165) is 16.9 Å². The highest BCUT2D eigenvalue weighted by Gasteiger charge is 2.24. The fraction of sp³-hybridized carbons (Fsp3) is 0.333. The molecule has 0 N–H and O–H groups in total. The predicted molar refractivity (Wildman–Crippen MR) is 101 cm³/mol. The highest BCUT2D eigenvalue weighted by molar-refractivity contribution is 5.98. The van der Waals surface area contributed by atoms with Crippen LogP contribution in [0.5, 0.6) is 5.75 Å². The first-order valence-corrected chi connectivity index (χ1v) is 8.83. The van der Waals surface area contributed by atoms with Gasteiger partial charge < -0.3 is 9.64 Å². The van der Waals surface area contributed by atoms with Crippen LogP contribution in [0.2, 0.25) is 0 Å². The Morgan fingerprint density at radius 3 is 2.23 bits per heavy atom. The molecule has 0 saturated carbocycles. The van der Waals surface area contributed by atoms with Gasteiger partial charge in [0, 0.05) is 37.3 Å². The molecule has 0 bridgehead atoms. The first kappa shape index (κ1) is 18.1. The van der Waals surface area contributed by atoms with Crippen molar-refractivity contribution in [3.05, 3.63) is 65.2 Å². The third kappa shape index (κ3) is 4.11. The molecule has 2 aromatic rings. The number of nitrogens with zero attached hydrogens (tertiary/aromatic N) is 2. The standard InChI is InChI=1S/C21H24N2O3/c1-16-5-3-4-6-19(16)21(25)23-13-11-22(12-14-23)15-20(24)17-7-9-18(26-2)10-8-17/h3-10H,11-15H2,1-2H3. The fourth-order valence-electron chi connectivity index (χ4n) is 3.16. The van der Waals surface area contributed by atoms with E-state index in [4.69, 9.17) is 4.74 Å². The molecule has 5 nitrogen and oxygen atoms in total. The highest BCUT2D eigenvalue weighted by Crippen LogP contribution is 2.15. The van der Waals surface area contributed by atoms with Crippen LogP contribution in [0.1, 0.15) is 26.3 Å². The SMILES string of the molecule is COc1ccc(C(=O)CN2CCN(C(=O)c3ccccc3C)CC2)cc1. The van der Waals surface area contributed by atoms with Crippen LogP contribution in [0, 0.1) is 6.92 Å². The number of rotatable bonds is 5. The third-order valence-electron chi connectivity index (χ3n) is 4.81. The van der Waals surface area contributed by atoms with E-state index in [1.54, 1.807) is 31.4 Å². The third-order valence-corrected chi connectivity index (χ3v) is 4.81. The average molecular weight is 352 g/mol. The number of hydrogen-bond donors (Lipinski definition) is 0. The Morgan fingerprint density at radius 2 is 1.62 bits per heavy atom. The van der Waals surface area contributed by atoms with Crippen molar-refractivity contribution in [3.63, 3.8) is 0 Å². The summed E-state index contributed by atoms with van der Waals surface area (Å²) in [5.74, 6) is 0.903. The van der Waals surface area contributed by atoms with E-state index in [1.165, 1.54) is 0 Å². The topological polar surface area (TPSA) is 49.9 Å². The monoisotopic (exact) mass is 352 g/mol. The summed E-state index contributed by atoms with van der Waals surface area (Å²) >= 11 is 0. The molecule has 1 fully saturated rings. The van der Waals surface area contributed by atoms with Crippen molar-refractivity contribution < 1.29 is 14.3 Å². The van der Waals surface area contributed by atoms with Gasteiger partial charge >= 0.3 is 0 Å². The summed E-state index contributed by atoms with van der Waals surface area (Å²) in [5, 5.41) is 0. The maximum Gasteiger partial charge on any atom is 0.254 e. The lowest BCUT2D eigenvalue weighted by atomic mass is 10.1. The maximum atomic E-state index is 12.7. The number of methoxy groups -OCH3 is 1. The molecule has 0 aliphatic carbocycles. The minimum Gasteiger partial charge on any atom is -0.497 e. The second-order valence-electron chi connectivity index (χ2n) is 6.53. The average Bonchev–Trinajstić information content (AvgIpc) is 2.68. The lowest BCUT2D eigenvalue weighted by Gasteiger charge is -2.34. The summed E-state index contributed by atoms with van der Waals surface area (Å²) in [6.07, 6.45) is 0. The second kappa shape index (κ2) is 8.15. The number of carbonyl (C=O) groups is 2. The largest absolute Gasteiger partial charge is 0.497 e. The molecular weight excluding hydrogens is 328 g/mol. The first-order valence-electron chi connectivity index (χ1n) is 8.83. The van der Waals surface area contributed by atoms with Crippen molar-refractivity contribution in [1.29, 1.82) is 0 Å². The molecule has 2 aromatic carbocycles. The normalized spacial score (nSPS) is 14.9. The molecule has 3 rings (SSSR count). The van der Waals surface area contributed by atoms with E-state index in [-0.39, 0.29) is 11.7 Å². The number of Topliss-reactive ketones (excluding diaryl/α,β-unsaturated/α-hetero) is 1. The molecule has 1 amide bonds. The quantitative estimate of drug-likeness (QED) is 0.777. The summed E-state index contributed by atoms with van der Waals surface area (Å²) in [4.78, 5) is 29.1. The molecule has 0 aromatic heterocycles. The van der Waals surface area contributed by atoms with Gasteiger partial charge in [0.2, 0.25) is 0 Å². The van der Waals surface area contributed by atoms with Crippen LogP contribution in [-0.4, -0.2) is 61.3 Å². The zero-order valence-electron chi connectivity index (χ0n) is 15.3. The van der Waals surface area contributed by atoms with Gasteiger partial charge in [-0.2, -0.15) is 0 Å². The number of aryl methyl sites for hydroxylation is 1. The molecule has 136 valence electrons. The Morgan fingerprint density at radius 1 is 0.962 bits per heavy atom. The summed E-state index contributed by atoms with van der Waals surface area (Å²) in [6, 6.07) is 14.8. The molecular formula is C21H24N2O3.